The maximum atomic E-state index is 13.0. The molecule has 3 aromatic rings. The number of aromatic nitrogens is 2. The van der Waals surface area contributed by atoms with Crippen molar-refractivity contribution in [3.05, 3.63) is 94.5 Å². The molecule has 1 N–H and O–H groups in total. The summed E-state index contributed by atoms with van der Waals surface area (Å²) in [6.07, 6.45) is 6.16. The van der Waals surface area contributed by atoms with E-state index in [1.807, 2.05) is 6.92 Å². The molecule has 1 atom stereocenters. The number of carbonyl (C=O) groups excluding carboxylic acids is 2. The molecule has 1 aliphatic heterocycles. The Bertz CT molecular complexity index is 1130. The van der Waals surface area contributed by atoms with Crippen LogP contribution in [-0.4, -0.2) is 26.8 Å². The lowest BCUT2D eigenvalue weighted by Gasteiger charge is -2.25. The molecule has 1 aromatic carbocycles. The highest BCUT2D eigenvalue weighted by Crippen LogP contribution is 2.42. The van der Waals surface area contributed by atoms with Gasteiger partial charge in [-0.25, -0.2) is 0 Å². The summed E-state index contributed by atoms with van der Waals surface area (Å²) in [5, 5.41) is 11.4. The van der Waals surface area contributed by atoms with E-state index in [4.69, 9.17) is 11.6 Å². The van der Waals surface area contributed by atoms with Crippen LogP contribution in [0.3, 0.4) is 0 Å². The zero-order valence-electron chi connectivity index (χ0n) is 15.4. The normalized spacial score (nSPS) is 18.3. The lowest BCUT2D eigenvalue weighted by molar-refractivity contribution is -0.132. The Balaban J connectivity index is 1.95. The Morgan fingerprint density at radius 1 is 1.00 bits per heavy atom. The fourth-order valence-electron chi connectivity index (χ4n) is 3.36. The van der Waals surface area contributed by atoms with Crippen molar-refractivity contribution in [1.82, 2.24) is 9.97 Å². The Labute approximate surface area is 172 Å². The van der Waals surface area contributed by atoms with E-state index in [2.05, 4.69) is 9.97 Å². The highest BCUT2D eigenvalue weighted by molar-refractivity contribution is 6.51. The second-order valence-corrected chi connectivity index (χ2v) is 7.03. The number of aryl methyl sites for hydroxylation is 1. The Hall–Kier alpha value is -3.51. The minimum Gasteiger partial charge on any atom is -0.507 e. The fourth-order valence-corrected chi connectivity index (χ4v) is 3.53. The summed E-state index contributed by atoms with van der Waals surface area (Å²) in [6, 6.07) is 10.9. The van der Waals surface area contributed by atoms with Crippen molar-refractivity contribution in [3.63, 3.8) is 0 Å². The molecule has 0 bridgehead atoms. The van der Waals surface area contributed by atoms with Crippen molar-refractivity contribution in [1.29, 1.82) is 0 Å². The first-order chi connectivity index (χ1) is 14.0. The number of anilines is 1. The number of aliphatic hydroxyl groups is 1. The molecule has 1 aliphatic rings. The number of halogens is 1. The van der Waals surface area contributed by atoms with Crippen LogP contribution in [0.1, 0.15) is 22.7 Å². The van der Waals surface area contributed by atoms with Crippen LogP contribution in [-0.2, 0) is 9.59 Å². The zero-order valence-corrected chi connectivity index (χ0v) is 16.2. The Morgan fingerprint density at radius 3 is 2.24 bits per heavy atom. The summed E-state index contributed by atoms with van der Waals surface area (Å²) in [6.45, 7) is 1.85. The molecular formula is C22H16ClN3O3. The average molecular weight is 406 g/mol. The smallest absolute Gasteiger partial charge is 0.300 e. The van der Waals surface area contributed by atoms with Crippen LogP contribution in [0.25, 0.3) is 5.76 Å². The van der Waals surface area contributed by atoms with Crippen LogP contribution in [0.5, 0.6) is 0 Å². The molecule has 1 saturated heterocycles. The minimum absolute atomic E-state index is 0.00379. The lowest BCUT2D eigenvalue weighted by atomic mass is 9.96. The third-order valence-electron chi connectivity index (χ3n) is 4.85. The molecule has 1 fully saturated rings. The molecule has 144 valence electrons. The summed E-state index contributed by atoms with van der Waals surface area (Å²) in [5.41, 5.74) is 2.37. The zero-order chi connectivity index (χ0) is 20.5. The van der Waals surface area contributed by atoms with Gasteiger partial charge in [0.1, 0.15) is 5.76 Å². The molecule has 7 heteroatoms. The van der Waals surface area contributed by atoms with Crippen molar-refractivity contribution >= 4 is 34.7 Å². The lowest BCUT2D eigenvalue weighted by Crippen LogP contribution is -2.29. The molecule has 1 amide bonds. The van der Waals surface area contributed by atoms with Gasteiger partial charge in [0.2, 0.25) is 0 Å². The number of carbonyl (C=O) groups is 2. The second-order valence-electron chi connectivity index (χ2n) is 6.62. The van der Waals surface area contributed by atoms with Gasteiger partial charge in [0.25, 0.3) is 11.7 Å². The summed E-state index contributed by atoms with van der Waals surface area (Å²) in [7, 11) is 0. The number of nitrogens with zero attached hydrogens (tertiary/aromatic N) is 3. The van der Waals surface area contributed by atoms with Crippen LogP contribution < -0.4 is 4.90 Å². The third-order valence-corrected chi connectivity index (χ3v) is 5.26. The fraction of sp³-hybridized carbons (Fsp3) is 0.0909. The van der Waals surface area contributed by atoms with E-state index in [1.54, 1.807) is 54.9 Å². The van der Waals surface area contributed by atoms with E-state index in [1.165, 1.54) is 17.3 Å². The maximum absolute atomic E-state index is 13.0. The Morgan fingerprint density at radius 2 is 1.62 bits per heavy atom. The maximum Gasteiger partial charge on any atom is 0.300 e. The number of ketones is 1. The summed E-state index contributed by atoms with van der Waals surface area (Å²) in [5.74, 6) is -1.76. The van der Waals surface area contributed by atoms with Crippen LogP contribution in [0.4, 0.5) is 5.69 Å². The van der Waals surface area contributed by atoms with Gasteiger partial charge in [-0.1, -0.05) is 17.7 Å². The topological polar surface area (TPSA) is 83.4 Å². The summed E-state index contributed by atoms with van der Waals surface area (Å²) < 4.78 is 0. The van der Waals surface area contributed by atoms with Gasteiger partial charge in [0.05, 0.1) is 11.6 Å². The minimum atomic E-state index is -0.815. The quantitative estimate of drug-likeness (QED) is 0.403. The Kier molecular flexibility index (Phi) is 4.86. The number of hydrogen-bond donors (Lipinski definition) is 1. The van der Waals surface area contributed by atoms with Crippen LogP contribution in [0.15, 0.2) is 72.8 Å². The van der Waals surface area contributed by atoms with E-state index in [0.717, 1.165) is 5.56 Å². The number of aliphatic hydroxyl groups excluding tert-OH is 1. The third kappa shape index (κ3) is 3.28. The van der Waals surface area contributed by atoms with Gasteiger partial charge in [-0.3, -0.25) is 24.5 Å². The molecule has 3 heterocycles. The van der Waals surface area contributed by atoms with Gasteiger partial charge in [-0.05, 0) is 54.4 Å². The molecule has 1 unspecified atom stereocenters. The predicted molar refractivity (Wildman–Crippen MR) is 109 cm³/mol. The largest absolute Gasteiger partial charge is 0.507 e. The van der Waals surface area contributed by atoms with Crippen LogP contribution in [0, 0.1) is 6.92 Å². The van der Waals surface area contributed by atoms with E-state index >= 15 is 0 Å². The van der Waals surface area contributed by atoms with Gasteiger partial charge in [-0.15, -0.1) is 0 Å². The SMILES string of the molecule is Cc1ccc(N2C(=O)C(=O)/C(=C(/O)c3ccncc3)C2c2ccncc2)cc1Cl. The van der Waals surface area contributed by atoms with Crippen LogP contribution in [0.2, 0.25) is 5.02 Å². The van der Waals surface area contributed by atoms with E-state index in [-0.39, 0.29) is 11.3 Å². The molecule has 0 radical (unpaired) electrons. The number of pyridine rings is 2. The predicted octanol–water partition coefficient (Wildman–Crippen LogP) is 4.06. The molecule has 4 rings (SSSR count). The molecule has 0 saturated carbocycles. The number of amides is 1. The van der Waals surface area contributed by atoms with Crippen molar-refractivity contribution in [2.75, 3.05) is 4.90 Å². The van der Waals surface area contributed by atoms with Crippen molar-refractivity contribution in [2.24, 2.45) is 0 Å². The number of Topliss-reactive ketones (excluding diaryl/α,β-unsaturated/α-hetero) is 1. The highest BCUT2D eigenvalue weighted by atomic mass is 35.5. The van der Waals surface area contributed by atoms with Crippen molar-refractivity contribution in [3.8, 4) is 0 Å². The van der Waals surface area contributed by atoms with Gasteiger partial charge in [0, 0.05) is 41.1 Å². The second kappa shape index (κ2) is 7.48. The number of rotatable bonds is 3. The molecule has 6 nitrogen and oxygen atoms in total. The van der Waals surface area contributed by atoms with E-state index < -0.39 is 17.7 Å². The molecule has 29 heavy (non-hydrogen) atoms. The molecule has 2 aromatic heterocycles. The molecular weight excluding hydrogens is 390 g/mol. The highest BCUT2D eigenvalue weighted by Gasteiger charge is 2.47. The van der Waals surface area contributed by atoms with E-state index in [0.29, 0.717) is 21.8 Å². The van der Waals surface area contributed by atoms with Crippen LogP contribution >= 0.6 is 11.6 Å². The van der Waals surface area contributed by atoms with Gasteiger partial charge in [0.15, 0.2) is 0 Å². The van der Waals surface area contributed by atoms with Crippen molar-refractivity contribution in [2.45, 2.75) is 13.0 Å². The monoisotopic (exact) mass is 405 g/mol. The van der Waals surface area contributed by atoms with Gasteiger partial charge >= 0.3 is 0 Å². The molecule has 0 aliphatic carbocycles. The van der Waals surface area contributed by atoms with E-state index in [9.17, 15) is 14.7 Å². The summed E-state index contributed by atoms with van der Waals surface area (Å²) >= 11 is 6.26. The standard InChI is InChI=1S/C22H16ClN3O3/c1-13-2-3-16(12-17(13)23)26-19(14-4-8-24-9-5-14)18(21(28)22(26)29)20(27)15-6-10-25-11-7-15/h2-12,19,27H,1H3/b20-18+. The summed E-state index contributed by atoms with van der Waals surface area (Å²) in [4.78, 5) is 35.3. The first-order valence-corrected chi connectivity index (χ1v) is 9.24. The average Bonchev–Trinajstić information content (AvgIpc) is 3.02. The van der Waals surface area contributed by atoms with Gasteiger partial charge in [-0.2, -0.15) is 0 Å². The van der Waals surface area contributed by atoms with Gasteiger partial charge < -0.3 is 5.11 Å². The molecule has 0 spiro atoms. The first kappa shape index (κ1) is 18.8. The number of benzene rings is 1. The number of hydrogen-bond acceptors (Lipinski definition) is 5. The first-order valence-electron chi connectivity index (χ1n) is 8.86. The van der Waals surface area contributed by atoms with Crippen molar-refractivity contribution < 1.29 is 14.7 Å².